The zero-order valence-corrected chi connectivity index (χ0v) is 13.2. The Bertz CT molecular complexity index is 545. The monoisotopic (exact) mass is 289 g/mol. The Morgan fingerprint density at radius 1 is 1.33 bits per heavy atom. The number of rotatable bonds is 2. The van der Waals surface area contributed by atoms with Gasteiger partial charge in [0.2, 0.25) is 0 Å². The van der Waals surface area contributed by atoms with Crippen LogP contribution in [0.3, 0.4) is 0 Å². The molecule has 21 heavy (non-hydrogen) atoms. The van der Waals surface area contributed by atoms with Crippen LogP contribution in [-0.2, 0) is 4.74 Å². The Morgan fingerprint density at radius 3 is 2.62 bits per heavy atom. The molecule has 1 fully saturated rings. The van der Waals surface area contributed by atoms with Gasteiger partial charge in [-0.2, -0.15) is 0 Å². The maximum atomic E-state index is 12.4. The van der Waals surface area contributed by atoms with E-state index in [2.05, 4.69) is 6.58 Å². The summed E-state index contributed by atoms with van der Waals surface area (Å²) in [6.07, 6.45) is 0.427. The van der Waals surface area contributed by atoms with Crippen LogP contribution < -0.4 is 4.74 Å². The second-order valence-corrected chi connectivity index (χ2v) is 6.32. The first-order valence-electron chi connectivity index (χ1n) is 7.11. The van der Waals surface area contributed by atoms with Crippen LogP contribution in [0.5, 0.6) is 5.75 Å². The number of nitrogens with zero attached hydrogens (tertiary/aromatic N) is 1. The second kappa shape index (κ2) is 5.80. The molecule has 0 N–H and O–H groups in total. The highest BCUT2D eigenvalue weighted by molar-refractivity contribution is 5.70. The van der Waals surface area contributed by atoms with Crippen LogP contribution >= 0.6 is 0 Å². The molecule has 4 heteroatoms. The van der Waals surface area contributed by atoms with Crippen molar-refractivity contribution in [3.8, 4) is 5.75 Å². The molecule has 2 rings (SSSR count). The molecule has 0 aliphatic carbocycles. The molecular formula is C17H23NO3. The van der Waals surface area contributed by atoms with Gasteiger partial charge in [-0.3, -0.25) is 4.90 Å². The van der Waals surface area contributed by atoms with E-state index in [0.717, 1.165) is 23.3 Å². The molecule has 4 nitrogen and oxygen atoms in total. The molecule has 0 unspecified atom stereocenters. The average Bonchev–Trinajstić information content (AvgIpc) is 2.79. The lowest BCUT2D eigenvalue weighted by Crippen LogP contribution is -2.36. The van der Waals surface area contributed by atoms with E-state index in [1.807, 2.05) is 45.0 Å². The third kappa shape index (κ3) is 3.57. The number of amides is 1. The third-order valence-electron chi connectivity index (χ3n) is 3.38. The number of likely N-dealkylation sites (tertiary alicyclic amines) is 1. The summed E-state index contributed by atoms with van der Waals surface area (Å²) in [5.41, 5.74) is 1.51. The Labute approximate surface area is 126 Å². The largest absolute Gasteiger partial charge is 0.496 e. The van der Waals surface area contributed by atoms with Gasteiger partial charge in [0.15, 0.2) is 0 Å². The standard InChI is InChI=1S/C17H23NO3/c1-12-10-14(13-8-6-7-9-15(13)20-5)18(11-12)16(19)21-17(2,3)4/h6-9,14H,1,10-11H2,2-5H3/t14-/m1/s1. The first kappa shape index (κ1) is 15.4. The van der Waals surface area contributed by atoms with Crippen molar-refractivity contribution in [3.05, 3.63) is 42.0 Å². The number of methoxy groups -OCH3 is 1. The van der Waals surface area contributed by atoms with Gasteiger partial charge in [-0.25, -0.2) is 4.79 Å². The quantitative estimate of drug-likeness (QED) is 0.774. The Hall–Kier alpha value is -1.97. The smallest absolute Gasteiger partial charge is 0.411 e. The fourth-order valence-corrected chi connectivity index (χ4v) is 2.53. The highest BCUT2D eigenvalue weighted by Gasteiger charge is 2.36. The predicted octanol–water partition coefficient (Wildman–Crippen LogP) is 3.93. The van der Waals surface area contributed by atoms with E-state index in [9.17, 15) is 4.79 Å². The molecule has 0 aromatic heterocycles. The van der Waals surface area contributed by atoms with Gasteiger partial charge in [-0.15, -0.1) is 0 Å². The summed E-state index contributed by atoms with van der Waals surface area (Å²) in [4.78, 5) is 14.1. The van der Waals surface area contributed by atoms with Crippen LogP contribution in [-0.4, -0.2) is 30.2 Å². The Balaban J connectivity index is 2.28. The number of carbonyl (C=O) groups excluding carboxylic acids is 1. The predicted molar refractivity (Wildman–Crippen MR) is 82.4 cm³/mol. The van der Waals surface area contributed by atoms with Crippen molar-refractivity contribution in [1.82, 2.24) is 4.90 Å². The van der Waals surface area contributed by atoms with Gasteiger partial charge >= 0.3 is 6.09 Å². The van der Waals surface area contributed by atoms with Crippen LogP contribution in [0.15, 0.2) is 36.4 Å². The zero-order valence-electron chi connectivity index (χ0n) is 13.2. The second-order valence-electron chi connectivity index (χ2n) is 6.32. The molecular weight excluding hydrogens is 266 g/mol. The SMILES string of the molecule is C=C1C[C@H](c2ccccc2OC)N(C(=O)OC(C)(C)C)C1. The summed E-state index contributed by atoms with van der Waals surface area (Å²) >= 11 is 0. The summed E-state index contributed by atoms with van der Waals surface area (Å²) < 4.78 is 10.9. The zero-order chi connectivity index (χ0) is 15.6. The van der Waals surface area contributed by atoms with Crippen LogP contribution in [0.4, 0.5) is 4.79 Å². The van der Waals surface area contributed by atoms with E-state index in [1.54, 1.807) is 12.0 Å². The highest BCUT2D eigenvalue weighted by Crippen LogP contribution is 2.39. The van der Waals surface area contributed by atoms with E-state index in [-0.39, 0.29) is 12.1 Å². The van der Waals surface area contributed by atoms with Crippen molar-refractivity contribution in [2.24, 2.45) is 0 Å². The van der Waals surface area contributed by atoms with Gasteiger partial charge in [0, 0.05) is 12.1 Å². The lowest BCUT2D eigenvalue weighted by Gasteiger charge is -2.29. The molecule has 1 amide bonds. The van der Waals surface area contributed by atoms with Crippen LogP contribution in [0.1, 0.15) is 38.8 Å². The molecule has 1 atom stereocenters. The first-order chi connectivity index (χ1) is 9.81. The molecule has 0 saturated carbocycles. The highest BCUT2D eigenvalue weighted by atomic mass is 16.6. The molecule has 114 valence electrons. The third-order valence-corrected chi connectivity index (χ3v) is 3.38. The summed E-state index contributed by atoms with van der Waals surface area (Å²) in [5, 5.41) is 0. The van der Waals surface area contributed by atoms with E-state index >= 15 is 0 Å². The number of hydrogen-bond donors (Lipinski definition) is 0. The van der Waals surface area contributed by atoms with Crippen molar-refractivity contribution < 1.29 is 14.3 Å². The van der Waals surface area contributed by atoms with Gasteiger partial charge in [0.1, 0.15) is 11.4 Å². The van der Waals surface area contributed by atoms with Gasteiger partial charge in [-0.1, -0.05) is 30.4 Å². The number of carbonyl (C=O) groups is 1. The summed E-state index contributed by atoms with van der Waals surface area (Å²) in [7, 11) is 1.64. The fourth-order valence-electron chi connectivity index (χ4n) is 2.53. The maximum absolute atomic E-state index is 12.4. The normalized spacial score (nSPS) is 18.8. The van der Waals surface area contributed by atoms with Gasteiger partial charge in [-0.05, 0) is 33.3 Å². The summed E-state index contributed by atoms with van der Waals surface area (Å²) in [6.45, 7) is 10.2. The van der Waals surface area contributed by atoms with Gasteiger partial charge < -0.3 is 9.47 Å². The number of para-hydroxylation sites is 1. The van der Waals surface area contributed by atoms with Crippen molar-refractivity contribution in [1.29, 1.82) is 0 Å². The van der Waals surface area contributed by atoms with Crippen LogP contribution in [0, 0.1) is 0 Å². The molecule has 1 aromatic carbocycles. The number of benzene rings is 1. The van der Waals surface area contributed by atoms with Crippen LogP contribution in [0.25, 0.3) is 0 Å². The molecule has 1 aromatic rings. The van der Waals surface area contributed by atoms with E-state index in [4.69, 9.17) is 9.47 Å². The molecule has 1 heterocycles. The topological polar surface area (TPSA) is 38.8 Å². The maximum Gasteiger partial charge on any atom is 0.411 e. The van der Waals surface area contributed by atoms with E-state index < -0.39 is 5.60 Å². The van der Waals surface area contributed by atoms with E-state index in [1.165, 1.54) is 0 Å². The molecule has 1 saturated heterocycles. The minimum Gasteiger partial charge on any atom is -0.496 e. The summed E-state index contributed by atoms with van der Waals surface area (Å²) in [5.74, 6) is 0.783. The Morgan fingerprint density at radius 2 is 2.00 bits per heavy atom. The van der Waals surface area contributed by atoms with Crippen molar-refractivity contribution in [3.63, 3.8) is 0 Å². The van der Waals surface area contributed by atoms with E-state index in [0.29, 0.717) is 6.54 Å². The van der Waals surface area contributed by atoms with Crippen LogP contribution in [0.2, 0.25) is 0 Å². The summed E-state index contributed by atoms with van der Waals surface area (Å²) in [6, 6.07) is 7.68. The molecule has 0 spiro atoms. The molecule has 0 bridgehead atoms. The van der Waals surface area contributed by atoms with Crippen molar-refractivity contribution in [2.75, 3.05) is 13.7 Å². The fraction of sp³-hybridized carbons (Fsp3) is 0.471. The minimum absolute atomic E-state index is 0.0801. The average molecular weight is 289 g/mol. The molecule has 1 aliphatic rings. The van der Waals surface area contributed by atoms with Gasteiger partial charge in [0.25, 0.3) is 0 Å². The van der Waals surface area contributed by atoms with Gasteiger partial charge in [0.05, 0.1) is 13.2 Å². The number of ether oxygens (including phenoxy) is 2. The molecule has 0 radical (unpaired) electrons. The Kier molecular flexibility index (Phi) is 4.26. The first-order valence-corrected chi connectivity index (χ1v) is 7.11. The number of hydrogen-bond acceptors (Lipinski definition) is 3. The minimum atomic E-state index is -0.508. The lowest BCUT2D eigenvalue weighted by molar-refractivity contribution is 0.0226. The molecule has 1 aliphatic heterocycles. The van der Waals surface area contributed by atoms with Crippen molar-refractivity contribution >= 4 is 6.09 Å². The lowest BCUT2D eigenvalue weighted by atomic mass is 10.0. The van der Waals surface area contributed by atoms with Crippen molar-refractivity contribution in [2.45, 2.75) is 38.8 Å².